The third-order valence-electron chi connectivity index (χ3n) is 9.59. The van der Waals surface area contributed by atoms with Crippen LogP contribution < -0.4 is 20.3 Å². The Labute approximate surface area is 240 Å². The molecule has 1 aromatic heterocycles. The zero-order chi connectivity index (χ0) is 28.2. The highest BCUT2D eigenvalue weighted by Gasteiger charge is 2.49. The van der Waals surface area contributed by atoms with Crippen molar-refractivity contribution in [1.29, 1.82) is 0 Å². The summed E-state index contributed by atoms with van der Waals surface area (Å²) in [5, 5.41) is 3.05. The van der Waals surface area contributed by atoms with E-state index in [4.69, 9.17) is 14.2 Å². The molecule has 0 bridgehead atoms. The SMILES string of the molecule is COC1CN(C2CCC([C@@]3(C)Oc4c(C)c(C(=O)NCc5c(SC)cc(C)[nH]c5=O)c5c(c4O3)CCC5)CC2)C1. The first-order chi connectivity index (χ1) is 19.2. The van der Waals surface area contributed by atoms with Gasteiger partial charge in [0, 0.05) is 78.5 Å². The first-order valence-electron chi connectivity index (χ1n) is 14.6. The van der Waals surface area contributed by atoms with Gasteiger partial charge in [0.25, 0.3) is 17.3 Å². The zero-order valence-electron chi connectivity index (χ0n) is 24.3. The van der Waals surface area contributed by atoms with Crippen molar-refractivity contribution >= 4 is 17.7 Å². The van der Waals surface area contributed by atoms with Gasteiger partial charge < -0.3 is 24.5 Å². The van der Waals surface area contributed by atoms with Gasteiger partial charge in [-0.1, -0.05) is 0 Å². The fraction of sp³-hybridized carbons (Fsp3) is 0.613. The lowest BCUT2D eigenvalue weighted by Gasteiger charge is -2.47. The first kappa shape index (κ1) is 27.7. The Balaban J connectivity index is 1.20. The number of pyridine rings is 1. The first-order valence-corrected chi connectivity index (χ1v) is 15.8. The molecule has 2 fully saturated rings. The number of fused-ring (bicyclic) bond motifs is 3. The summed E-state index contributed by atoms with van der Waals surface area (Å²) in [4.78, 5) is 32.6. The van der Waals surface area contributed by atoms with Crippen molar-refractivity contribution < 1.29 is 19.0 Å². The van der Waals surface area contributed by atoms with Crippen molar-refractivity contribution in [3.8, 4) is 11.5 Å². The summed E-state index contributed by atoms with van der Waals surface area (Å²) in [6.45, 7) is 8.17. The van der Waals surface area contributed by atoms with Crippen LogP contribution in [0, 0.1) is 19.8 Å². The number of hydrogen-bond donors (Lipinski definition) is 2. The molecular formula is C31H41N3O5S. The molecule has 1 saturated heterocycles. The molecule has 2 N–H and O–H groups in total. The van der Waals surface area contributed by atoms with Crippen molar-refractivity contribution in [3.63, 3.8) is 0 Å². The number of aryl methyl sites for hydroxylation is 1. The van der Waals surface area contributed by atoms with Crippen LogP contribution in [0.5, 0.6) is 11.5 Å². The number of benzene rings is 1. The van der Waals surface area contributed by atoms with Crippen LogP contribution in [0.2, 0.25) is 0 Å². The number of carbonyl (C=O) groups excluding carboxylic acids is 1. The maximum absolute atomic E-state index is 13.7. The van der Waals surface area contributed by atoms with Crippen LogP contribution in [0.4, 0.5) is 0 Å². The number of methoxy groups -OCH3 is 1. The highest BCUT2D eigenvalue weighted by Crippen LogP contribution is 2.53. The van der Waals surface area contributed by atoms with Gasteiger partial charge in [0.2, 0.25) is 0 Å². The third kappa shape index (κ3) is 4.73. The fourth-order valence-electron chi connectivity index (χ4n) is 7.22. The number of hydrogen-bond acceptors (Lipinski definition) is 7. The monoisotopic (exact) mass is 567 g/mol. The number of ether oxygens (including phenoxy) is 3. The maximum atomic E-state index is 13.7. The van der Waals surface area contributed by atoms with E-state index in [1.807, 2.05) is 26.2 Å². The van der Waals surface area contributed by atoms with Gasteiger partial charge in [-0.2, -0.15) is 0 Å². The second kappa shape index (κ2) is 10.7. The summed E-state index contributed by atoms with van der Waals surface area (Å²) >= 11 is 1.52. The van der Waals surface area contributed by atoms with E-state index in [-0.39, 0.29) is 18.0 Å². The van der Waals surface area contributed by atoms with Crippen LogP contribution >= 0.6 is 11.8 Å². The average Bonchev–Trinajstić information content (AvgIpc) is 3.53. The molecule has 2 aromatic rings. The molecule has 6 rings (SSSR count). The minimum Gasteiger partial charge on any atom is -0.448 e. The topological polar surface area (TPSA) is 92.9 Å². The molecule has 2 aliphatic carbocycles. The zero-order valence-corrected chi connectivity index (χ0v) is 25.1. The van der Waals surface area contributed by atoms with Gasteiger partial charge in [-0.05, 0) is 76.7 Å². The van der Waals surface area contributed by atoms with E-state index in [2.05, 4.69) is 22.1 Å². The molecule has 9 heteroatoms. The van der Waals surface area contributed by atoms with Gasteiger partial charge >= 0.3 is 0 Å². The molecule has 1 atom stereocenters. The number of amides is 1. The number of rotatable bonds is 7. The Morgan fingerprint density at radius 3 is 2.55 bits per heavy atom. The quantitative estimate of drug-likeness (QED) is 0.476. The van der Waals surface area contributed by atoms with Gasteiger partial charge in [0.15, 0.2) is 11.5 Å². The minimum absolute atomic E-state index is 0.157. The Hall–Kier alpha value is -2.49. The Morgan fingerprint density at radius 2 is 1.85 bits per heavy atom. The van der Waals surface area contributed by atoms with Crippen LogP contribution in [0.25, 0.3) is 0 Å². The molecule has 1 saturated carbocycles. The summed E-state index contributed by atoms with van der Waals surface area (Å²) in [5.74, 6) is 0.973. The number of aromatic nitrogens is 1. The molecule has 40 heavy (non-hydrogen) atoms. The molecule has 1 amide bonds. The minimum atomic E-state index is -0.726. The molecular weight excluding hydrogens is 526 g/mol. The van der Waals surface area contributed by atoms with Crippen molar-refractivity contribution in [1.82, 2.24) is 15.2 Å². The highest BCUT2D eigenvalue weighted by molar-refractivity contribution is 7.98. The van der Waals surface area contributed by atoms with Crippen molar-refractivity contribution in [2.75, 3.05) is 26.5 Å². The van der Waals surface area contributed by atoms with Crippen molar-refractivity contribution in [2.45, 2.75) is 95.1 Å². The Bertz CT molecular complexity index is 1380. The summed E-state index contributed by atoms with van der Waals surface area (Å²) in [6.07, 6.45) is 9.43. The fourth-order valence-corrected chi connectivity index (χ4v) is 7.93. The van der Waals surface area contributed by atoms with E-state index in [0.717, 1.165) is 96.8 Å². The molecule has 3 heterocycles. The molecule has 0 radical (unpaired) electrons. The summed E-state index contributed by atoms with van der Waals surface area (Å²) in [6, 6.07) is 2.56. The largest absolute Gasteiger partial charge is 0.448 e. The predicted octanol–water partition coefficient (Wildman–Crippen LogP) is 4.51. The van der Waals surface area contributed by atoms with Crippen LogP contribution in [-0.4, -0.2) is 60.2 Å². The van der Waals surface area contributed by atoms with Crippen LogP contribution in [0.1, 0.15) is 77.3 Å². The summed E-state index contributed by atoms with van der Waals surface area (Å²) in [5.41, 5.74) is 4.94. The molecule has 0 unspecified atom stereocenters. The van der Waals surface area contributed by atoms with Gasteiger partial charge in [-0.3, -0.25) is 14.5 Å². The van der Waals surface area contributed by atoms with E-state index in [9.17, 15) is 9.59 Å². The number of thioether (sulfide) groups is 1. The van der Waals surface area contributed by atoms with Crippen LogP contribution in [-0.2, 0) is 24.1 Å². The number of carbonyl (C=O) groups is 1. The predicted molar refractivity (Wildman–Crippen MR) is 156 cm³/mol. The van der Waals surface area contributed by atoms with E-state index >= 15 is 0 Å². The van der Waals surface area contributed by atoms with Crippen molar-refractivity contribution in [3.05, 3.63) is 49.9 Å². The second-order valence-corrected chi connectivity index (χ2v) is 12.9. The van der Waals surface area contributed by atoms with Gasteiger partial charge in [0.05, 0.1) is 6.10 Å². The molecule has 1 aromatic carbocycles. The second-order valence-electron chi connectivity index (χ2n) is 12.0. The molecule has 8 nitrogen and oxygen atoms in total. The molecule has 2 aliphatic heterocycles. The van der Waals surface area contributed by atoms with E-state index in [1.165, 1.54) is 11.8 Å². The van der Waals surface area contributed by atoms with Crippen LogP contribution in [0.15, 0.2) is 15.8 Å². The molecule has 4 aliphatic rings. The lowest BCUT2D eigenvalue weighted by molar-refractivity contribution is -0.130. The molecule has 216 valence electrons. The molecule has 0 spiro atoms. The van der Waals surface area contributed by atoms with E-state index in [0.29, 0.717) is 29.2 Å². The number of aromatic amines is 1. The highest BCUT2D eigenvalue weighted by atomic mass is 32.2. The maximum Gasteiger partial charge on any atom is 0.254 e. The number of nitrogens with zero attached hydrogens (tertiary/aromatic N) is 1. The van der Waals surface area contributed by atoms with Crippen molar-refractivity contribution in [2.24, 2.45) is 5.92 Å². The lowest BCUT2D eigenvalue weighted by atomic mass is 9.80. The van der Waals surface area contributed by atoms with Crippen LogP contribution in [0.3, 0.4) is 0 Å². The van der Waals surface area contributed by atoms with Gasteiger partial charge in [0.1, 0.15) is 0 Å². The lowest BCUT2D eigenvalue weighted by Crippen LogP contribution is -2.57. The summed E-state index contributed by atoms with van der Waals surface area (Å²) < 4.78 is 18.9. The average molecular weight is 568 g/mol. The Morgan fingerprint density at radius 1 is 1.15 bits per heavy atom. The standard InChI is InChI=1S/C31H41N3O5S/c1-17-13-25(40-5)24(29(35)33-17)14-32-30(36)26-18(2)27-28(23-8-6-7-22(23)26)39-31(3,38-27)19-9-11-20(12-10-19)34-15-21(16-34)37-4/h13,19-21H,6-12,14-16H2,1-5H3,(H,32,36)(H,33,35)/t19?,20?,31-/m0/s1. The third-order valence-corrected chi connectivity index (χ3v) is 10.4. The smallest absolute Gasteiger partial charge is 0.254 e. The van der Waals surface area contributed by atoms with Gasteiger partial charge in [-0.15, -0.1) is 11.8 Å². The van der Waals surface area contributed by atoms with Gasteiger partial charge in [-0.25, -0.2) is 0 Å². The summed E-state index contributed by atoms with van der Waals surface area (Å²) in [7, 11) is 1.80. The number of likely N-dealkylation sites (tertiary alicyclic amines) is 1. The van der Waals surface area contributed by atoms with E-state index < -0.39 is 5.79 Å². The number of H-pyrrole nitrogens is 1. The normalized spacial score (nSPS) is 26.0. The Kier molecular flexibility index (Phi) is 7.42. The number of nitrogens with one attached hydrogen (secondary N) is 2. The van der Waals surface area contributed by atoms with E-state index in [1.54, 1.807) is 7.11 Å².